The van der Waals surface area contributed by atoms with E-state index < -0.39 is 23.3 Å². The van der Waals surface area contributed by atoms with Crippen LogP contribution in [0.5, 0.6) is 0 Å². The van der Waals surface area contributed by atoms with E-state index in [1.807, 2.05) is 0 Å². The van der Waals surface area contributed by atoms with Gasteiger partial charge in [-0.05, 0) is 24.6 Å². The number of benzene rings is 1. The molecule has 1 aromatic heterocycles. The zero-order valence-electron chi connectivity index (χ0n) is 9.47. The molecular formula is C12H10F3N3. The summed E-state index contributed by atoms with van der Waals surface area (Å²) in [5.74, 6) is -2.95. The summed E-state index contributed by atoms with van der Waals surface area (Å²) in [4.78, 5) is 3.51. The highest BCUT2D eigenvalue weighted by molar-refractivity contribution is 5.58. The monoisotopic (exact) mass is 253 g/mol. The fourth-order valence-corrected chi connectivity index (χ4v) is 1.38. The lowest BCUT2D eigenvalue weighted by atomic mass is 10.2. The third-order valence-corrected chi connectivity index (χ3v) is 2.39. The van der Waals surface area contributed by atoms with Crippen molar-refractivity contribution in [3.63, 3.8) is 0 Å². The van der Waals surface area contributed by atoms with Crippen LogP contribution in [0, 0.1) is 24.4 Å². The van der Waals surface area contributed by atoms with Crippen molar-refractivity contribution < 1.29 is 13.2 Å². The molecule has 3 N–H and O–H groups in total. The number of aromatic nitrogens is 1. The van der Waals surface area contributed by atoms with Crippen molar-refractivity contribution in [1.29, 1.82) is 0 Å². The molecule has 0 fully saturated rings. The average molecular weight is 253 g/mol. The van der Waals surface area contributed by atoms with Crippen LogP contribution in [0.2, 0.25) is 0 Å². The molecule has 0 aliphatic rings. The predicted octanol–water partition coefficient (Wildman–Crippen LogP) is 3.13. The van der Waals surface area contributed by atoms with Crippen molar-refractivity contribution in [3.8, 4) is 0 Å². The van der Waals surface area contributed by atoms with Gasteiger partial charge in [0.05, 0.1) is 0 Å². The van der Waals surface area contributed by atoms with Crippen LogP contribution >= 0.6 is 0 Å². The molecule has 0 bridgehead atoms. The smallest absolute Gasteiger partial charge is 0.169 e. The molecule has 6 heteroatoms. The van der Waals surface area contributed by atoms with Crippen LogP contribution in [0.1, 0.15) is 5.56 Å². The van der Waals surface area contributed by atoms with E-state index in [-0.39, 0.29) is 5.82 Å². The highest BCUT2D eigenvalue weighted by Crippen LogP contribution is 2.22. The van der Waals surface area contributed by atoms with Crippen LogP contribution in [0.15, 0.2) is 24.3 Å². The maximum absolute atomic E-state index is 13.4. The van der Waals surface area contributed by atoms with E-state index in [0.717, 1.165) is 0 Å². The molecule has 3 nitrogen and oxygen atoms in total. The summed E-state index contributed by atoms with van der Waals surface area (Å²) in [6, 6.07) is 4.90. The molecule has 0 amide bonds. The third-order valence-electron chi connectivity index (χ3n) is 2.39. The zero-order valence-corrected chi connectivity index (χ0v) is 9.47. The number of nitrogens with two attached hydrogens (primary N) is 1. The minimum absolute atomic E-state index is 0.253. The Morgan fingerprint density at radius 2 is 1.78 bits per heavy atom. The fourth-order valence-electron chi connectivity index (χ4n) is 1.38. The highest BCUT2D eigenvalue weighted by atomic mass is 19.1. The molecule has 0 unspecified atom stereocenters. The van der Waals surface area contributed by atoms with Crippen LogP contribution in [-0.2, 0) is 0 Å². The molecule has 0 atom stereocenters. The maximum Gasteiger partial charge on any atom is 0.169 e. The first-order valence-corrected chi connectivity index (χ1v) is 5.12. The van der Waals surface area contributed by atoms with E-state index in [0.29, 0.717) is 17.3 Å². The summed E-state index contributed by atoms with van der Waals surface area (Å²) in [5, 5.41) is 2.54. The summed E-state index contributed by atoms with van der Waals surface area (Å²) in [5.41, 5.74) is 6.00. The first-order chi connectivity index (χ1) is 8.47. The van der Waals surface area contributed by atoms with E-state index in [1.54, 1.807) is 13.0 Å². The number of nitrogens with zero attached hydrogens (tertiary/aromatic N) is 1. The molecule has 0 spiro atoms. The van der Waals surface area contributed by atoms with Gasteiger partial charge in [-0.1, -0.05) is 6.07 Å². The summed E-state index contributed by atoms with van der Waals surface area (Å²) >= 11 is 0. The molecular weight excluding hydrogens is 243 g/mol. The van der Waals surface area contributed by atoms with E-state index in [9.17, 15) is 13.2 Å². The Labute approximate surface area is 101 Å². The largest absolute Gasteiger partial charge is 0.381 e. The maximum atomic E-state index is 13.4. The standard InChI is InChI=1S/C12H10F3N3/c1-6-2-3-7(4-8(6)13)17-12-10(15)5-9(14)11(16)18-12/h2-5H,1H3,(H3,16,17,18). The Hall–Kier alpha value is -2.24. The molecule has 1 aromatic carbocycles. The first-order valence-electron chi connectivity index (χ1n) is 5.12. The van der Waals surface area contributed by atoms with Crippen molar-refractivity contribution in [1.82, 2.24) is 4.98 Å². The average Bonchev–Trinajstić information content (AvgIpc) is 2.31. The fraction of sp³-hybridized carbons (Fsp3) is 0.0833. The van der Waals surface area contributed by atoms with Crippen molar-refractivity contribution in [3.05, 3.63) is 47.3 Å². The van der Waals surface area contributed by atoms with E-state index in [2.05, 4.69) is 10.3 Å². The van der Waals surface area contributed by atoms with Gasteiger partial charge in [-0.3, -0.25) is 0 Å². The normalized spacial score (nSPS) is 10.4. The number of pyridine rings is 1. The molecule has 2 aromatic rings. The topological polar surface area (TPSA) is 50.9 Å². The van der Waals surface area contributed by atoms with E-state index >= 15 is 0 Å². The van der Waals surface area contributed by atoms with Crippen molar-refractivity contribution in [2.24, 2.45) is 0 Å². The van der Waals surface area contributed by atoms with Crippen LogP contribution in [-0.4, -0.2) is 4.98 Å². The molecule has 94 valence electrons. The minimum Gasteiger partial charge on any atom is -0.381 e. The number of halogens is 3. The Bertz CT molecular complexity index is 599. The second kappa shape index (κ2) is 4.56. The van der Waals surface area contributed by atoms with Gasteiger partial charge < -0.3 is 11.1 Å². The lowest BCUT2D eigenvalue weighted by Gasteiger charge is -2.08. The second-order valence-electron chi connectivity index (χ2n) is 3.77. The Morgan fingerprint density at radius 1 is 1.06 bits per heavy atom. The van der Waals surface area contributed by atoms with Gasteiger partial charge in [-0.2, -0.15) is 0 Å². The van der Waals surface area contributed by atoms with Gasteiger partial charge in [-0.15, -0.1) is 0 Å². The molecule has 2 rings (SSSR count). The Morgan fingerprint density at radius 3 is 2.44 bits per heavy atom. The number of nitrogen functional groups attached to an aromatic ring is 1. The lowest BCUT2D eigenvalue weighted by Crippen LogP contribution is -2.03. The molecule has 18 heavy (non-hydrogen) atoms. The van der Waals surface area contributed by atoms with Crippen LogP contribution in [0.3, 0.4) is 0 Å². The number of nitrogens with one attached hydrogen (secondary N) is 1. The van der Waals surface area contributed by atoms with E-state index in [4.69, 9.17) is 5.73 Å². The number of rotatable bonds is 2. The van der Waals surface area contributed by atoms with Crippen LogP contribution in [0.4, 0.5) is 30.5 Å². The number of aryl methyl sites for hydroxylation is 1. The van der Waals surface area contributed by atoms with Crippen LogP contribution in [0.25, 0.3) is 0 Å². The summed E-state index contributed by atoms with van der Waals surface area (Å²) < 4.78 is 39.6. The van der Waals surface area contributed by atoms with Gasteiger partial charge in [0.2, 0.25) is 0 Å². The van der Waals surface area contributed by atoms with Crippen molar-refractivity contribution in [2.75, 3.05) is 11.1 Å². The highest BCUT2D eigenvalue weighted by Gasteiger charge is 2.10. The van der Waals surface area contributed by atoms with Gasteiger partial charge in [0.1, 0.15) is 5.82 Å². The Balaban J connectivity index is 2.34. The SMILES string of the molecule is Cc1ccc(Nc2nc(N)c(F)cc2F)cc1F. The number of hydrogen-bond donors (Lipinski definition) is 2. The second-order valence-corrected chi connectivity index (χ2v) is 3.77. The Kier molecular flexibility index (Phi) is 3.10. The predicted molar refractivity (Wildman–Crippen MR) is 63.0 cm³/mol. The van der Waals surface area contributed by atoms with Gasteiger partial charge in [0.15, 0.2) is 23.3 Å². The molecule has 0 radical (unpaired) electrons. The number of hydrogen-bond acceptors (Lipinski definition) is 3. The van der Waals surface area contributed by atoms with Crippen molar-refractivity contribution >= 4 is 17.3 Å². The van der Waals surface area contributed by atoms with Gasteiger partial charge in [-0.25, -0.2) is 18.2 Å². The molecule has 0 aliphatic carbocycles. The zero-order chi connectivity index (χ0) is 13.3. The summed E-state index contributed by atoms with van der Waals surface area (Å²) in [7, 11) is 0. The van der Waals surface area contributed by atoms with E-state index in [1.165, 1.54) is 12.1 Å². The van der Waals surface area contributed by atoms with Crippen LogP contribution < -0.4 is 11.1 Å². The quantitative estimate of drug-likeness (QED) is 0.864. The summed E-state index contributed by atoms with van der Waals surface area (Å²) in [6.45, 7) is 1.60. The first kappa shape index (κ1) is 12.2. The van der Waals surface area contributed by atoms with Crippen molar-refractivity contribution in [2.45, 2.75) is 6.92 Å². The minimum atomic E-state index is -0.937. The molecule has 0 saturated heterocycles. The third kappa shape index (κ3) is 2.37. The summed E-state index contributed by atoms with van der Waals surface area (Å²) in [6.07, 6.45) is 0. The van der Waals surface area contributed by atoms with Gasteiger partial charge >= 0.3 is 0 Å². The molecule has 0 saturated carbocycles. The van der Waals surface area contributed by atoms with Gasteiger partial charge in [0, 0.05) is 11.8 Å². The molecule has 1 heterocycles. The molecule has 0 aliphatic heterocycles. The lowest BCUT2D eigenvalue weighted by molar-refractivity contribution is 0.580. The number of anilines is 3. The van der Waals surface area contributed by atoms with Gasteiger partial charge in [0.25, 0.3) is 0 Å².